The van der Waals surface area contributed by atoms with Crippen molar-refractivity contribution in [3.8, 4) is 5.75 Å². The van der Waals surface area contributed by atoms with Gasteiger partial charge in [0.1, 0.15) is 12.4 Å². The van der Waals surface area contributed by atoms with E-state index in [0.717, 1.165) is 27.0 Å². The van der Waals surface area contributed by atoms with E-state index >= 15 is 0 Å². The normalized spacial score (nSPS) is 11.8. The van der Waals surface area contributed by atoms with E-state index in [2.05, 4.69) is 26.2 Å². The van der Waals surface area contributed by atoms with Crippen LogP contribution >= 0.6 is 15.9 Å². The quantitative estimate of drug-likeness (QED) is 0.520. The zero-order valence-corrected chi connectivity index (χ0v) is 14.1. The third-order valence-electron chi connectivity index (χ3n) is 3.30. The van der Waals surface area contributed by atoms with Gasteiger partial charge in [0.25, 0.3) is 0 Å². The lowest BCUT2D eigenvalue weighted by atomic mass is 10.1. The average molecular weight is 352 g/mol. The fourth-order valence-electron chi connectivity index (χ4n) is 2.08. The summed E-state index contributed by atoms with van der Waals surface area (Å²) in [6.07, 6.45) is 0. The number of hydrogen-bond acceptors (Lipinski definition) is 4. The Labute approximate surface area is 132 Å². The van der Waals surface area contributed by atoms with Crippen molar-refractivity contribution in [2.45, 2.75) is 27.4 Å². The van der Waals surface area contributed by atoms with Crippen molar-refractivity contribution in [1.29, 1.82) is 0 Å². The van der Waals surface area contributed by atoms with Gasteiger partial charge < -0.3 is 9.94 Å². The third kappa shape index (κ3) is 3.26. The second kappa shape index (κ2) is 6.30. The van der Waals surface area contributed by atoms with Crippen molar-refractivity contribution < 1.29 is 9.94 Å². The molecule has 1 N–H and O–H groups in total. The molecule has 0 saturated heterocycles. The van der Waals surface area contributed by atoms with Crippen molar-refractivity contribution in [1.82, 2.24) is 9.78 Å². The van der Waals surface area contributed by atoms with E-state index in [0.29, 0.717) is 18.1 Å². The van der Waals surface area contributed by atoms with Gasteiger partial charge in [-0.2, -0.15) is 5.10 Å². The molecule has 1 aromatic heterocycles. The Morgan fingerprint density at radius 1 is 1.43 bits per heavy atom. The standard InChI is InChI=1S/C15H18BrN3O2/c1-9-5-6-12(10(2)18-20)14(7-9)21-8-13-15(16)11(3)17-19(13)4/h5-7,20H,8H2,1-4H3. The fraction of sp³-hybridized carbons (Fsp3) is 0.333. The molecule has 0 saturated carbocycles. The highest BCUT2D eigenvalue weighted by atomic mass is 79.9. The maximum atomic E-state index is 8.97. The highest BCUT2D eigenvalue weighted by Gasteiger charge is 2.13. The van der Waals surface area contributed by atoms with Crippen LogP contribution in [-0.4, -0.2) is 20.7 Å². The minimum atomic E-state index is 0.382. The van der Waals surface area contributed by atoms with Crippen LogP contribution in [0.3, 0.4) is 0 Å². The molecule has 0 fully saturated rings. The van der Waals surface area contributed by atoms with Crippen molar-refractivity contribution in [2.75, 3.05) is 0 Å². The first-order chi connectivity index (χ1) is 9.93. The average Bonchev–Trinajstić information content (AvgIpc) is 2.69. The fourth-order valence-corrected chi connectivity index (χ4v) is 2.54. The summed E-state index contributed by atoms with van der Waals surface area (Å²) < 4.78 is 8.66. The molecule has 0 bridgehead atoms. The van der Waals surface area contributed by atoms with Gasteiger partial charge in [-0.3, -0.25) is 4.68 Å². The van der Waals surface area contributed by atoms with Gasteiger partial charge in [-0.05, 0) is 54.4 Å². The van der Waals surface area contributed by atoms with E-state index < -0.39 is 0 Å². The van der Waals surface area contributed by atoms with Crippen LogP contribution in [0.4, 0.5) is 0 Å². The summed E-state index contributed by atoms with van der Waals surface area (Å²) in [5.41, 5.74) is 4.26. The van der Waals surface area contributed by atoms with Crippen LogP contribution < -0.4 is 4.74 Å². The predicted octanol–water partition coefficient (Wildman–Crippen LogP) is 3.58. The maximum Gasteiger partial charge on any atom is 0.131 e. The lowest BCUT2D eigenvalue weighted by Gasteiger charge is -2.12. The van der Waals surface area contributed by atoms with Gasteiger partial charge in [0, 0.05) is 12.6 Å². The van der Waals surface area contributed by atoms with Crippen LogP contribution in [0.15, 0.2) is 27.8 Å². The molecule has 1 aromatic carbocycles. The van der Waals surface area contributed by atoms with Crippen LogP contribution in [0.5, 0.6) is 5.75 Å². The topological polar surface area (TPSA) is 59.6 Å². The van der Waals surface area contributed by atoms with Gasteiger partial charge in [-0.15, -0.1) is 0 Å². The molecular formula is C15H18BrN3O2. The van der Waals surface area contributed by atoms with Crippen molar-refractivity contribution >= 4 is 21.6 Å². The number of halogens is 1. The van der Waals surface area contributed by atoms with E-state index in [1.807, 2.05) is 39.1 Å². The van der Waals surface area contributed by atoms with Crippen LogP contribution in [0.25, 0.3) is 0 Å². The highest BCUT2D eigenvalue weighted by molar-refractivity contribution is 9.10. The lowest BCUT2D eigenvalue weighted by Crippen LogP contribution is -2.06. The number of nitrogens with zero attached hydrogens (tertiary/aromatic N) is 3. The molecule has 0 atom stereocenters. The molecule has 2 rings (SSSR count). The summed E-state index contributed by atoms with van der Waals surface area (Å²) >= 11 is 3.52. The number of aromatic nitrogens is 2. The smallest absolute Gasteiger partial charge is 0.131 e. The molecule has 0 radical (unpaired) electrons. The van der Waals surface area contributed by atoms with Gasteiger partial charge in [0.05, 0.1) is 21.6 Å². The molecule has 6 heteroatoms. The second-order valence-corrected chi connectivity index (χ2v) is 5.74. The first-order valence-electron chi connectivity index (χ1n) is 6.54. The van der Waals surface area contributed by atoms with Crippen LogP contribution in [-0.2, 0) is 13.7 Å². The minimum absolute atomic E-state index is 0.382. The SMILES string of the molecule is CC(=NO)c1ccc(C)cc1OCc1c(Br)c(C)nn1C. The molecule has 2 aromatic rings. The van der Waals surface area contributed by atoms with E-state index in [1.54, 1.807) is 11.6 Å². The Kier molecular flexibility index (Phi) is 4.67. The predicted molar refractivity (Wildman–Crippen MR) is 85.2 cm³/mol. The first kappa shape index (κ1) is 15.6. The minimum Gasteiger partial charge on any atom is -0.487 e. The van der Waals surface area contributed by atoms with Crippen molar-refractivity contribution in [3.05, 3.63) is 45.2 Å². The van der Waals surface area contributed by atoms with Gasteiger partial charge in [0.15, 0.2) is 0 Å². The Balaban J connectivity index is 2.29. The Morgan fingerprint density at radius 3 is 2.71 bits per heavy atom. The highest BCUT2D eigenvalue weighted by Crippen LogP contribution is 2.25. The summed E-state index contributed by atoms with van der Waals surface area (Å²) in [5.74, 6) is 0.691. The molecule has 1 heterocycles. The molecule has 0 unspecified atom stereocenters. The summed E-state index contributed by atoms with van der Waals surface area (Å²) in [6.45, 7) is 6.05. The molecule has 0 aliphatic carbocycles. The van der Waals surface area contributed by atoms with Gasteiger partial charge in [0.2, 0.25) is 0 Å². The molecular weight excluding hydrogens is 334 g/mol. The lowest BCUT2D eigenvalue weighted by molar-refractivity contribution is 0.292. The summed E-state index contributed by atoms with van der Waals surface area (Å²) in [4.78, 5) is 0. The Hall–Kier alpha value is -1.82. The van der Waals surface area contributed by atoms with E-state index in [4.69, 9.17) is 9.94 Å². The zero-order valence-electron chi connectivity index (χ0n) is 12.5. The molecule has 112 valence electrons. The van der Waals surface area contributed by atoms with Crippen molar-refractivity contribution in [2.24, 2.45) is 12.2 Å². The maximum absolute atomic E-state index is 8.97. The molecule has 0 amide bonds. The van der Waals surface area contributed by atoms with Gasteiger partial charge in [-0.1, -0.05) is 11.2 Å². The summed E-state index contributed by atoms with van der Waals surface area (Å²) in [6, 6.07) is 5.78. The van der Waals surface area contributed by atoms with E-state index in [-0.39, 0.29) is 0 Å². The number of hydrogen-bond donors (Lipinski definition) is 1. The van der Waals surface area contributed by atoms with Crippen LogP contribution in [0.2, 0.25) is 0 Å². The molecule has 0 aliphatic heterocycles. The zero-order chi connectivity index (χ0) is 15.6. The third-order valence-corrected chi connectivity index (χ3v) is 4.33. The van der Waals surface area contributed by atoms with E-state index in [9.17, 15) is 0 Å². The number of rotatable bonds is 4. The molecule has 5 nitrogen and oxygen atoms in total. The summed E-state index contributed by atoms with van der Waals surface area (Å²) in [7, 11) is 1.88. The number of ether oxygens (including phenoxy) is 1. The second-order valence-electron chi connectivity index (χ2n) is 4.94. The van der Waals surface area contributed by atoms with Gasteiger partial charge >= 0.3 is 0 Å². The number of benzene rings is 1. The molecule has 0 spiro atoms. The largest absolute Gasteiger partial charge is 0.487 e. The Bertz CT molecular complexity index is 692. The monoisotopic (exact) mass is 351 g/mol. The molecule has 0 aliphatic rings. The Morgan fingerprint density at radius 2 is 2.14 bits per heavy atom. The first-order valence-corrected chi connectivity index (χ1v) is 7.33. The summed E-state index contributed by atoms with van der Waals surface area (Å²) in [5, 5.41) is 16.6. The number of oxime groups is 1. The molecule has 21 heavy (non-hydrogen) atoms. The van der Waals surface area contributed by atoms with Crippen molar-refractivity contribution in [3.63, 3.8) is 0 Å². The van der Waals surface area contributed by atoms with Crippen LogP contribution in [0, 0.1) is 13.8 Å². The number of aryl methyl sites for hydroxylation is 3. The van der Waals surface area contributed by atoms with Gasteiger partial charge in [-0.25, -0.2) is 0 Å². The van der Waals surface area contributed by atoms with Crippen LogP contribution in [0.1, 0.15) is 29.4 Å². The van der Waals surface area contributed by atoms with E-state index in [1.165, 1.54) is 0 Å².